The number of aromatic nitrogens is 1. The molecule has 0 radical (unpaired) electrons. The molecule has 5 heteroatoms. The fourth-order valence-corrected chi connectivity index (χ4v) is 3.75. The molecule has 4 aromatic rings. The highest BCUT2D eigenvalue weighted by Gasteiger charge is 2.13. The second-order valence-corrected chi connectivity index (χ2v) is 8.35. The van der Waals surface area contributed by atoms with Gasteiger partial charge in [0.1, 0.15) is 5.75 Å². The van der Waals surface area contributed by atoms with Crippen LogP contribution in [0.2, 0.25) is 5.02 Å². The standard InChI is InChI=1S/C27H25ClN2O2/c1-4-32-26-16-25(19-6-5-7-21(28)14-19)30-24-13-10-20(15-23(24)26)27(31)29-22-11-8-18(9-12-22)17(2)3/h5-17H,4H2,1-3H3,(H,29,31). The molecule has 1 amide bonds. The number of hydrogen-bond donors (Lipinski definition) is 1. The quantitative estimate of drug-likeness (QED) is 0.338. The summed E-state index contributed by atoms with van der Waals surface area (Å²) in [5.41, 5.74) is 4.97. The molecule has 0 aliphatic heterocycles. The van der Waals surface area contributed by atoms with Gasteiger partial charge in [0.2, 0.25) is 0 Å². The van der Waals surface area contributed by atoms with Crippen LogP contribution in [0, 0.1) is 0 Å². The van der Waals surface area contributed by atoms with Crippen LogP contribution in [0.4, 0.5) is 5.69 Å². The van der Waals surface area contributed by atoms with E-state index in [0.717, 1.165) is 27.8 Å². The maximum atomic E-state index is 12.9. The van der Waals surface area contributed by atoms with Crippen molar-refractivity contribution in [3.8, 4) is 17.0 Å². The van der Waals surface area contributed by atoms with Crippen molar-refractivity contribution in [1.82, 2.24) is 4.98 Å². The first-order valence-corrected chi connectivity index (χ1v) is 11.1. The number of pyridine rings is 1. The van der Waals surface area contributed by atoms with Crippen LogP contribution in [0.25, 0.3) is 22.2 Å². The van der Waals surface area contributed by atoms with Crippen molar-refractivity contribution >= 4 is 34.1 Å². The number of hydrogen-bond acceptors (Lipinski definition) is 3. The van der Waals surface area contributed by atoms with Gasteiger partial charge in [-0.15, -0.1) is 0 Å². The lowest BCUT2D eigenvalue weighted by atomic mass is 10.0. The molecule has 0 fully saturated rings. The zero-order chi connectivity index (χ0) is 22.7. The number of fused-ring (bicyclic) bond motifs is 1. The molecule has 0 saturated heterocycles. The number of carbonyl (C=O) groups excluding carboxylic acids is 1. The zero-order valence-electron chi connectivity index (χ0n) is 18.4. The molecule has 32 heavy (non-hydrogen) atoms. The summed E-state index contributed by atoms with van der Waals surface area (Å²) in [6.07, 6.45) is 0. The fraction of sp³-hybridized carbons (Fsp3) is 0.185. The van der Waals surface area contributed by atoms with Gasteiger partial charge in [-0.2, -0.15) is 0 Å². The van der Waals surface area contributed by atoms with Crippen LogP contribution in [0.3, 0.4) is 0 Å². The van der Waals surface area contributed by atoms with Gasteiger partial charge in [0.25, 0.3) is 5.91 Å². The van der Waals surface area contributed by atoms with E-state index < -0.39 is 0 Å². The number of ether oxygens (including phenoxy) is 1. The number of anilines is 1. The first-order valence-electron chi connectivity index (χ1n) is 10.7. The molecule has 3 aromatic carbocycles. The third-order valence-electron chi connectivity index (χ3n) is 5.29. The summed E-state index contributed by atoms with van der Waals surface area (Å²) in [5.74, 6) is 0.954. The zero-order valence-corrected chi connectivity index (χ0v) is 19.1. The number of halogens is 1. The molecule has 0 bridgehead atoms. The Hall–Kier alpha value is -3.37. The lowest BCUT2D eigenvalue weighted by Crippen LogP contribution is -2.12. The summed E-state index contributed by atoms with van der Waals surface area (Å²) in [4.78, 5) is 17.7. The van der Waals surface area contributed by atoms with Gasteiger partial charge in [0.15, 0.2) is 0 Å². The predicted molar refractivity (Wildman–Crippen MR) is 132 cm³/mol. The number of rotatable bonds is 6. The minimum absolute atomic E-state index is 0.175. The van der Waals surface area contributed by atoms with Crippen molar-refractivity contribution in [3.05, 3.63) is 88.9 Å². The molecule has 1 heterocycles. The summed E-state index contributed by atoms with van der Waals surface area (Å²) < 4.78 is 5.90. The molecule has 0 aliphatic carbocycles. The van der Waals surface area contributed by atoms with E-state index >= 15 is 0 Å². The van der Waals surface area contributed by atoms with Crippen LogP contribution in [0.5, 0.6) is 5.75 Å². The average molecular weight is 445 g/mol. The number of carbonyl (C=O) groups is 1. The van der Waals surface area contributed by atoms with Gasteiger partial charge in [-0.1, -0.05) is 49.7 Å². The molecule has 1 N–H and O–H groups in total. The first kappa shape index (κ1) is 21.8. The summed E-state index contributed by atoms with van der Waals surface area (Å²) in [5, 5.41) is 4.41. The number of nitrogens with one attached hydrogen (secondary N) is 1. The normalized spacial score (nSPS) is 11.0. The van der Waals surface area contributed by atoms with Gasteiger partial charge in [-0.3, -0.25) is 4.79 Å². The second kappa shape index (κ2) is 9.41. The third kappa shape index (κ3) is 4.76. The summed E-state index contributed by atoms with van der Waals surface area (Å²) in [6.45, 7) is 6.73. The lowest BCUT2D eigenvalue weighted by molar-refractivity contribution is 0.102. The van der Waals surface area contributed by atoms with Crippen LogP contribution >= 0.6 is 11.6 Å². The van der Waals surface area contributed by atoms with E-state index in [0.29, 0.717) is 28.9 Å². The fourth-order valence-electron chi connectivity index (χ4n) is 3.56. The van der Waals surface area contributed by atoms with Crippen molar-refractivity contribution in [2.24, 2.45) is 0 Å². The Bertz CT molecular complexity index is 1270. The highest BCUT2D eigenvalue weighted by molar-refractivity contribution is 6.30. The molecular formula is C27H25ClN2O2. The van der Waals surface area contributed by atoms with Gasteiger partial charge in [0.05, 0.1) is 17.8 Å². The van der Waals surface area contributed by atoms with E-state index in [2.05, 4.69) is 19.2 Å². The van der Waals surface area contributed by atoms with E-state index in [1.54, 1.807) is 6.07 Å². The minimum Gasteiger partial charge on any atom is -0.493 e. The van der Waals surface area contributed by atoms with Crippen LogP contribution in [-0.4, -0.2) is 17.5 Å². The Morgan fingerprint density at radius 3 is 2.50 bits per heavy atom. The van der Waals surface area contributed by atoms with Crippen LogP contribution < -0.4 is 10.1 Å². The van der Waals surface area contributed by atoms with Crippen molar-refractivity contribution in [2.45, 2.75) is 26.7 Å². The van der Waals surface area contributed by atoms with Crippen molar-refractivity contribution < 1.29 is 9.53 Å². The molecule has 0 unspecified atom stereocenters. The monoisotopic (exact) mass is 444 g/mol. The molecule has 4 nitrogen and oxygen atoms in total. The van der Waals surface area contributed by atoms with E-state index in [9.17, 15) is 4.79 Å². The Morgan fingerprint density at radius 2 is 1.81 bits per heavy atom. The maximum Gasteiger partial charge on any atom is 0.255 e. The molecule has 0 spiro atoms. The lowest BCUT2D eigenvalue weighted by Gasteiger charge is -2.12. The summed E-state index contributed by atoms with van der Waals surface area (Å²) >= 11 is 6.16. The smallest absolute Gasteiger partial charge is 0.255 e. The maximum absolute atomic E-state index is 12.9. The van der Waals surface area contributed by atoms with Gasteiger partial charge in [-0.05, 0) is 60.9 Å². The highest BCUT2D eigenvalue weighted by atomic mass is 35.5. The molecule has 4 rings (SSSR count). The van der Waals surface area contributed by atoms with Crippen LogP contribution in [0.1, 0.15) is 42.6 Å². The molecule has 162 valence electrons. The van der Waals surface area contributed by atoms with Crippen LogP contribution in [0.15, 0.2) is 72.8 Å². The van der Waals surface area contributed by atoms with E-state index in [1.807, 2.05) is 73.7 Å². The van der Waals surface area contributed by atoms with Crippen molar-refractivity contribution in [2.75, 3.05) is 11.9 Å². The Morgan fingerprint density at radius 1 is 1.03 bits per heavy atom. The SMILES string of the molecule is CCOc1cc(-c2cccc(Cl)c2)nc2ccc(C(=O)Nc3ccc(C(C)C)cc3)cc12. The van der Waals surface area contributed by atoms with Gasteiger partial charge >= 0.3 is 0 Å². The first-order chi connectivity index (χ1) is 15.4. The number of benzene rings is 3. The molecule has 1 aromatic heterocycles. The molecule has 0 aliphatic rings. The topological polar surface area (TPSA) is 51.2 Å². The largest absolute Gasteiger partial charge is 0.493 e. The number of nitrogens with zero attached hydrogens (tertiary/aromatic N) is 1. The Balaban J connectivity index is 1.67. The van der Waals surface area contributed by atoms with Crippen molar-refractivity contribution in [3.63, 3.8) is 0 Å². The predicted octanol–water partition coefficient (Wildman–Crippen LogP) is 7.33. The Labute approximate surface area is 193 Å². The van der Waals surface area contributed by atoms with Gasteiger partial charge in [0, 0.05) is 33.3 Å². The van der Waals surface area contributed by atoms with E-state index in [1.165, 1.54) is 5.56 Å². The van der Waals surface area contributed by atoms with Crippen LogP contribution in [-0.2, 0) is 0 Å². The highest BCUT2D eigenvalue weighted by Crippen LogP contribution is 2.32. The van der Waals surface area contributed by atoms with Gasteiger partial charge in [-0.25, -0.2) is 4.98 Å². The van der Waals surface area contributed by atoms with E-state index in [4.69, 9.17) is 21.3 Å². The average Bonchev–Trinajstić information content (AvgIpc) is 2.79. The summed E-state index contributed by atoms with van der Waals surface area (Å²) in [7, 11) is 0. The second-order valence-electron chi connectivity index (χ2n) is 7.91. The Kier molecular flexibility index (Phi) is 6.42. The molecular weight excluding hydrogens is 420 g/mol. The van der Waals surface area contributed by atoms with E-state index in [-0.39, 0.29) is 5.91 Å². The van der Waals surface area contributed by atoms with Crippen molar-refractivity contribution in [1.29, 1.82) is 0 Å². The molecule has 0 saturated carbocycles. The number of amides is 1. The third-order valence-corrected chi connectivity index (χ3v) is 5.52. The minimum atomic E-state index is -0.175. The molecule has 0 atom stereocenters. The van der Waals surface area contributed by atoms with Gasteiger partial charge < -0.3 is 10.1 Å². The summed E-state index contributed by atoms with van der Waals surface area (Å²) in [6, 6.07) is 22.8.